The third-order valence-corrected chi connectivity index (χ3v) is 4.94. The molecule has 7 heteroatoms. The molecule has 5 nitrogen and oxygen atoms in total. The number of halogens is 1. The molecule has 1 rings (SSSR count). The zero-order valence-corrected chi connectivity index (χ0v) is 15.6. The second-order valence-electron chi connectivity index (χ2n) is 6.10. The molecule has 0 saturated carbocycles. The predicted octanol–water partition coefficient (Wildman–Crippen LogP) is 4.12. The third kappa shape index (κ3) is 7.26. The van der Waals surface area contributed by atoms with Gasteiger partial charge in [0.2, 0.25) is 0 Å². The largest absolute Gasteiger partial charge is 0.481 e. The molecule has 0 bridgehead atoms. The van der Waals surface area contributed by atoms with E-state index in [9.17, 15) is 9.59 Å². The van der Waals surface area contributed by atoms with E-state index in [0.717, 1.165) is 14.2 Å². The van der Waals surface area contributed by atoms with Gasteiger partial charge in [0, 0.05) is 33.1 Å². The van der Waals surface area contributed by atoms with Gasteiger partial charge < -0.3 is 15.2 Å². The van der Waals surface area contributed by atoms with Crippen molar-refractivity contribution < 1.29 is 19.4 Å². The molecular weight excluding hydrogens is 370 g/mol. The maximum atomic E-state index is 11.9. The highest BCUT2D eigenvalue weighted by atomic mass is 79.9. The van der Waals surface area contributed by atoms with Crippen LogP contribution in [-0.4, -0.2) is 28.8 Å². The summed E-state index contributed by atoms with van der Waals surface area (Å²) in [7, 11) is 0. The first-order chi connectivity index (χ1) is 10.1. The normalized spacial score (nSPS) is 12.8. The van der Waals surface area contributed by atoms with Crippen LogP contribution in [0, 0.1) is 6.92 Å². The predicted molar refractivity (Wildman–Crippen MR) is 90.5 cm³/mol. The van der Waals surface area contributed by atoms with Crippen LogP contribution >= 0.6 is 27.3 Å². The van der Waals surface area contributed by atoms with Crippen molar-refractivity contribution >= 4 is 39.3 Å². The van der Waals surface area contributed by atoms with Crippen LogP contribution in [0.3, 0.4) is 0 Å². The zero-order valence-electron chi connectivity index (χ0n) is 13.2. The van der Waals surface area contributed by atoms with E-state index in [2.05, 4.69) is 21.2 Å². The van der Waals surface area contributed by atoms with Gasteiger partial charge in [0.05, 0.1) is 0 Å². The number of nitrogens with one attached hydrogen (secondary N) is 1. The van der Waals surface area contributed by atoms with E-state index in [4.69, 9.17) is 9.84 Å². The number of thiophene rings is 1. The highest BCUT2D eigenvalue weighted by molar-refractivity contribution is 9.10. The molecule has 1 heterocycles. The van der Waals surface area contributed by atoms with Crippen molar-refractivity contribution in [1.29, 1.82) is 0 Å². The van der Waals surface area contributed by atoms with Gasteiger partial charge in [-0.15, -0.1) is 11.3 Å². The lowest BCUT2D eigenvalue weighted by Gasteiger charge is -2.23. The molecular formula is C15H22BrNO4S. The third-order valence-electron chi connectivity index (χ3n) is 2.78. The Bertz CT molecular complexity index is 517. The van der Waals surface area contributed by atoms with Crippen LogP contribution < -0.4 is 5.32 Å². The molecule has 0 aromatic carbocycles. The topological polar surface area (TPSA) is 75.6 Å². The van der Waals surface area contributed by atoms with Crippen LogP contribution in [0.15, 0.2) is 10.5 Å². The van der Waals surface area contributed by atoms with Gasteiger partial charge in [-0.3, -0.25) is 4.79 Å². The maximum Gasteiger partial charge on any atom is 0.407 e. The molecule has 1 amide bonds. The molecule has 0 aliphatic carbocycles. The Morgan fingerprint density at radius 3 is 2.55 bits per heavy atom. The SMILES string of the molecule is Cc1sc(CC(CCC(=O)O)NC(=O)OC(C)(C)C)cc1Br. The van der Waals surface area contributed by atoms with Crippen molar-refractivity contribution in [3.05, 3.63) is 20.3 Å². The highest BCUT2D eigenvalue weighted by Gasteiger charge is 2.21. The van der Waals surface area contributed by atoms with Crippen LogP contribution in [0.5, 0.6) is 0 Å². The van der Waals surface area contributed by atoms with Crippen LogP contribution in [0.25, 0.3) is 0 Å². The quantitative estimate of drug-likeness (QED) is 0.764. The lowest BCUT2D eigenvalue weighted by Crippen LogP contribution is -2.40. The first-order valence-electron chi connectivity index (χ1n) is 7.03. The van der Waals surface area contributed by atoms with Crippen molar-refractivity contribution in [3.8, 4) is 0 Å². The summed E-state index contributed by atoms with van der Waals surface area (Å²) < 4.78 is 6.27. The summed E-state index contributed by atoms with van der Waals surface area (Å²) in [6.45, 7) is 7.38. The number of carbonyl (C=O) groups excluding carboxylic acids is 1. The Morgan fingerprint density at radius 1 is 1.45 bits per heavy atom. The molecule has 124 valence electrons. The lowest BCUT2D eigenvalue weighted by atomic mass is 10.1. The molecule has 22 heavy (non-hydrogen) atoms. The monoisotopic (exact) mass is 391 g/mol. The number of hydrogen-bond donors (Lipinski definition) is 2. The fourth-order valence-electron chi connectivity index (χ4n) is 1.86. The Kier molecular flexibility index (Phi) is 6.87. The number of ether oxygens (including phenoxy) is 1. The Morgan fingerprint density at radius 2 is 2.09 bits per heavy atom. The molecule has 1 aromatic rings. The number of hydrogen-bond acceptors (Lipinski definition) is 4. The number of carboxylic acid groups (broad SMARTS) is 1. The average Bonchev–Trinajstić information content (AvgIpc) is 2.62. The van der Waals surface area contributed by atoms with Gasteiger partial charge in [-0.2, -0.15) is 0 Å². The summed E-state index contributed by atoms with van der Waals surface area (Å²) in [5.41, 5.74) is -0.579. The van der Waals surface area contributed by atoms with E-state index in [-0.39, 0.29) is 12.5 Å². The molecule has 0 fully saturated rings. The Labute approximate surface area is 143 Å². The van der Waals surface area contributed by atoms with Gasteiger partial charge in [0.1, 0.15) is 5.60 Å². The Balaban J connectivity index is 2.70. The van der Waals surface area contributed by atoms with Gasteiger partial charge >= 0.3 is 12.1 Å². The molecule has 1 unspecified atom stereocenters. The molecule has 1 atom stereocenters. The van der Waals surface area contributed by atoms with Gasteiger partial charge in [-0.05, 0) is 56.1 Å². The van der Waals surface area contributed by atoms with Gasteiger partial charge in [-0.25, -0.2) is 4.79 Å². The highest BCUT2D eigenvalue weighted by Crippen LogP contribution is 2.27. The summed E-state index contributed by atoms with van der Waals surface area (Å²) in [6.07, 6.45) is 0.439. The maximum absolute atomic E-state index is 11.9. The smallest absolute Gasteiger partial charge is 0.407 e. The minimum Gasteiger partial charge on any atom is -0.481 e. The van der Waals surface area contributed by atoms with E-state index in [1.807, 2.05) is 13.0 Å². The number of aryl methyl sites for hydroxylation is 1. The van der Waals surface area contributed by atoms with Crippen molar-refractivity contribution in [1.82, 2.24) is 5.32 Å². The van der Waals surface area contributed by atoms with Gasteiger partial charge in [-0.1, -0.05) is 0 Å². The lowest BCUT2D eigenvalue weighted by molar-refractivity contribution is -0.137. The number of amides is 1. The van der Waals surface area contributed by atoms with Crippen LogP contribution in [-0.2, 0) is 16.0 Å². The first kappa shape index (κ1) is 19.0. The summed E-state index contributed by atoms with van der Waals surface area (Å²) in [4.78, 5) is 24.9. The molecule has 0 aliphatic heterocycles. The van der Waals surface area contributed by atoms with E-state index in [1.165, 1.54) is 0 Å². The van der Waals surface area contributed by atoms with Crippen molar-refractivity contribution in [2.45, 2.75) is 58.6 Å². The average molecular weight is 392 g/mol. The summed E-state index contributed by atoms with van der Waals surface area (Å²) in [5.74, 6) is -0.875. The minimum atomic E-state index is -0.875. The molecule has 0 radical (unpaired) electrons. The summed E-state index contributed by atoms with van der Waals surface area (Å²) in [6, 6.07) is 1.74. The molecule has 1 aromatic heterocycles. The standard InChI is InChI=1S/C15H22BrNO4S/c1-9-12(16)8-11(22-9)7-10(5-6-13(18)19)17-14(20)21-15(2,3)4/h8,10H,5-7H2,1-4H3,(H,17,20)(H,18,19). The summed E-state index contributed by atoms with van der Waals surface area (Å²) >= 11 is 5.09. The molecule has 0 saturated heterocycles. The number of aliphatic carboxylic acids is 1. The van der Waals surface area contributed by atoms with E-state index in [1.54, 1.807) is 32.1 Å². The van der Waals surface area contributed by atoms with Gasteiger partial charge in [0.15, 0.2) is 0 Å². The van der Waals surface area contributed by atoms with E-state index in [0.29, 0.717) is 12.8 Å². The molecule has 0 aliphatic rings. The first-order valence-corrected chi connectivity index (χ1v) is 8.64. The fraction of sp³-hybridized carbons (Fsp3) is 0.600. The minimum absolute atomic E-state index is 0.00594. The molecule has 2 N–H and O–H groups in total. The number of alkyl carbamates (subject to hydrolysis) is 1. The van der Waals surface area contributed by atoms with E-state index >= 15 is 0 Å². The number of carbonyl (C=O) groups is 2. The Hall–Kier alpha value is -1.08. The van der Waals surface area contributed by atoms with Crippen molar-refractivity contribution in [2.75, 3.05) is 0 Å². The van der Waals surface area contributed by atoms with Crippen LogP contribution in [0.4, 0.5) is 4.79 Å². The van der Waals surface area contributed by atoms with Gasteiger partial charge in [0.25, 0.3) is 0 Å². The van der Waals surface area contributed by atoms with Crippen molar-refractivity contribution in [3.63, 3.8) is 0 Å². The number of carboxylic acids is 1. The molecule has 0 spiro atoms. The second kappa shape index (κ2) is 7.97. The van der Waals surface area contributed by atoms with Crippen molar-refractivity contribution in [2.24, 2.45) is 0 Å². The number of rotatable bonds is 6. The van der Waals surface area contributed by atoms with Crippen LogP contribution in [0.2, 0.25) is 0 Å². The van der Waals surface area contributed by atoms with Crippen LogP contribution in [0.1, 0.15) is 43.4 Å². The fourth-order valence-corrected chi connectivity index (χ4v) is 3.54. The van der Waals surface area contributed by atoms with E-state index < -0.39 is 17.7 Å². The zero-order chi connectivity index (χ0) is 16.9. The second-order valence-corrected chi connectivity index (χ2v) is 8.29. The summed E-state index contributed by atoms with van der Waals surface area (Å²) in [5, 5.41) is 11.6.